The van der Waals surface area contributed by atoms with Gasteiger partial charge >= 0.3 is 0 Å². The first-order chi connectivity index (χ1) is 9.75. The number of primary amides is 1. The van der Waals surface area contributed by atoms with Gasteiger partial charge in [0.05, 0.1) is 6.04 Å². The predicted octanol–water partition coefficient (Wildman–Crippen LogP) is -0.528. The molecular weight excluding hydrogens is 296 g/mol. The van der Waals surface area contributed by atoms with Crippen molar-refractivity contribution < 1.29 is 17.7 Å². The summed E-state index contributed by atoms with van der Waals surface area (Å²) in [5.41, 5.74) is 5.63. The fraction of sp³-hybridized carbons (Fsp3) is 0.667. The van der Waals surface area contributed by atoms with Crippen molar-refractivity contribution in [1.29, 1.82) is 0 Å². The number of sulfonamides is 1. The molecule has 21 heavy (non-hydrogen) atoms. The van der Waals surface area contributed by atoms with Gasteiger partial charge in [0, 0.05) is 26.2 Å². The van der Waals surface area contributed by atoms with Gasteiger partial charge in [-0.2, -0.15) is 4.31 Å². The zero-order valence-corrected chi connectivity index (χ0v) is 13.2. The largest absolute Gasteiger partial charge is 0.368 e. The first kappa shape index (κ1) is 15.9. The van der Waals surface area contributed by atoms with E-state index in [2.05, 4.69) is 5.16 Å². The number of hydrogen-bond donors (Lipinski definition) is 1. The van der Waals surface area contributed by atoms with Crippen LogP contribution in [0, 0.1) is 13.8 Å². The highest BCUT2D eigenvalue weighted by Crippen LogP contribution is 2.24. The minimum absolute atomic E-state index is 0.138. The Bertz CT molecular complexity index is 612. The molecular formula is C12H20N4O4S. The summed E-state index contributed by atoms with van der Waals surface area (Å²) >= 11 is 0. The van der Waals surface area contributed by atoms with Crippen LogP contribution in [0.5, 0.6) is 0 Å². The number of hydrogen-bond acceptors (Lipinski definition) is 6. The Morgan fingerprint density at radius 1 is 1.29 bits per heavy atom. The van der Waals surface area contributed by atoms with Gasteiger partial charge in [-0.3, -0.25) is 9.69 Å². The normalized spacial score (nSPS) is 19.6. The number of carbonyl (C=O) groups is 1. The van der Waals surface area contributed by atoms with Crippen molar-refractivity contribution in [3.8, 4) is 0 Å². The van der Waals surface area contributed by atoms with Gasteiger partial charge in [-0.25, -0.2) is 8.42 Å². The molecule has 2 heterocycles. The molecule has 0 spiro atoms. The summed E-state index contributed by atoms with van der Waals surface area (Å²) in [6, 6.07) is -0.395. The van der Waals surface area contributed by atoms with Crippen LogP contribution < -0.4 is 5.73 Å². The fourth-order valence-electron chi connectivity index (χ4n) is 2.48. The van der Waals surface area contributed by atoms with Crippen LogP contribution in [0.3, 0.4) is 0 Å². The maximum Gasteiger partial charge on any atom is 0.248 e. The van der Waals surface area contributed by atoms with Crippen molar-refractivity contribution in [1.82, 2.24) is 14.4 Å². The van der Waals surface area contributed by atoms with E-state index in [0.29, 0.717) is 37.6 Å². The van der Waals surface area contributed by atoms with E-state index in [1.807, 2.05) is 4.90 Å². The molecule has 0 aromatic carbocycles. The Labute approximate surface area is 123 Å². The average molecular weight is 316 g/mol. The van der Waals surface area contributed by atoms with Crippen LogP contribution in [0.15, 0.2) is 9.42 Å². The van der Waals surface area contributed by atoms with Crippen LogP contribution >= 0.6 is 0 Å². The highest BCUT2D eigenvalue weighted by molar-refractivity contribution is 7.89. The number of nitrogens with zero attached hydrogens (tertiary/aromatic N) is 3. The molecule has 1 saturated heterocycles. The molecule has 1 aromatic heterocycles. The van der Waals surface area contributed by atoms with Crippen LogP contribution in [0.2, 0.25) is 0 Å². The minimum Gasteiger partial charge on any atom is -0.368 e. The summed E-state index contributed by atoms with van der Waals surface area (Å²) < 4.78 is 31.6. The summed E-state index contributed by atoms with van der Waals surface area (Å²) in [5.74, 6) is -0.113. The third kappa shape index (κ3) is 2.94. The van der Waals surface area contributed by atoms with E-state index in [4.69, 9.17) is 10.3 Å². The van der Waals surface area contributed by atoms with Crippen molar-refractivity contribution in [3.05, 3.63) is 11.5 Å². The monoisotopic (exact) mass is 316 g/mol. The van der Waals surface area contributed by atoms with Crippen molar-refractivity contribution in [2.24, 2.45) is 5.73 Å². The van der Waals surface area contributed by atoms with Gasteiger partial charge in [0.15, 0.2) is 5.76 Å². The Kier molecular flexibility index (Phi) is 4.35. The minimum atomic E-state index is -3.62. The number of piperazine rings is 1. The van der Waals surface area contributed by atoms with Crippen LogP contribution in [-0.4, -0.2) is 60.9 Å². The second-order valence-corrected chi connectivity index (χ2v) is 7.05. The predicted molar refractivity (Wildman–Crippen MR) is 75.0 cm³/mol. The summed E-state index contributed by atoms with van der Waals surface area (Å²) in [6.07, 6.45) is 0. The Morgan fingerprint density at radius 3 is 2.29 bits per heavy atom. The van der Waals surface area contributed by atoms with E-state index in [0.717, 1.165) is 0 Å². The number of amides is 1. The second-order valence-electron chi connectivity index (χ2n) is 5.17. The van der Waals surface area contributed by atoms with Crippen LogP contribution in [-0.2, 0) is 14.8 Å². The van der Waals surface area contributed by atoms with Crippen molar-refractivity contribution >= 4 is 15.9 Å². The van der Waals surface area contributed by atoms with Crippen LogP contribution in [0.25, 0.3) is 0 Å². The SMILES string of the molecule is Cc1noc(C)c1S(=O)(=O)N1CCN([C@H](C)C(N)=O)CC1. The van der Waals surface area contributed by atoms with Gasteiger partial charge in [-0.05, 0) is 20.8 Å². The molecule has 1 fully saturated rings. The molecule has 1 aliphatic heterocycles. The molecule has 0 radical (unpaired) electrons. The van der Waals surface area contributed by atoms with E-state index in [1.165, 1.54) is 4.31 Å². The van der Waals surface area contributed by atoms with Gasteiger partial charge in [-0.1, -0.05) is 5.16 Å². The third-order valence-corrected chi connectivity index (χ3v) is 5.94. The van der Waals surface area contributed by atoms with Gasteiger partial charge < -0.3 is 10.3 Å². The molecule has 118 valence electrons. The molecule has 0 aliphatic carbocycles. The lowest BCUT2D eigenvalue weighted by Gasteiger charge is -2.36. The molecule has 2 N–H and O–H groups in total. The molecule has 8 nitrogen and oxygen atoms in total. The van der Waals surface area contributed by atoms with Gasteiger partial charge in [0.25, 0.3) is 0 Å². The lowest BCUT2D eigenvalue weighted by atomic mass is 10.2. The van der Waals surface area contributed by atoms with E-state index in [9.17, 15) is 13.2 Å². The van der Waals surface area contributed by atoms with E-state index in [1.54, 1.807) is 20.8 Å². The van der Waals surface area contributed by atoms with E-state index >= 15 is 0 Å². The van der Waals surface area contributed by atoms with Gasteiger partial charge in [0.2, 0.25) is 15.9 Å². The molecule has 1 amide bonds. The molecule has 2 rings (SSSR count). The topological polar surface area (TPSA) is 110 Å². The molecule has 0 unspecified atom stereocenters. The van der Waals surface area contributed by atoms with Gasteiger partial charge in [-0.15, -0.1) is 0 Å². The molecule has 0 bridgehead atoms. The smallest absolute Gasteiger partial charge is 0.248 e. The number of nitrogens with two attached hydrogens (primary N) is 1. The zero-order valence-electron chi connectivity index (χ0n) is 12.4. The van der Waals surface area contributed by atoms with Crippen LogP contribution in [0.4, 0.5) is 0 Å². The van der Waals surface area contributed by atoms with E-state index < -0.39 is 22.0 Å². The van der Waals surface area contributed by atoms with Crippen molar-refractivity contribution in [3.63, 3.8) is 0 Å². The average Bonchev–Trinajstić information content (AvgIpc) is 2.78. The fourth-order valence-corrected chi connectivity index (χ4v) is 4.20. The third-order valence-electron chi connectivity index (χ3n) is 3.80. The van der Waals surface area contributed by atoms with Crippen molar-refractivity contribution in [2.45, 2.75) is 31.7 Å². The maximum atomic E-state index is 12.6. The number of carbonyl (C=O) groups excluding carboxylic acids is 1. The van der Waals surface area contributed by atoms with Gasteiger partial charge in [0.1, 0.15) is 10.6 Å². The lowest BCUT2D eigenvalue weighted by molar-refractivity contribution is -0.123. The maximum absolute atomic E-state index is 12.6. The standard InChI is InChI=1S/C12H20N4O4S/c1-8-11(10(3)20-14-8)21(18,19)16-6-4-15(5-7-16)9(2)12(13)17/h9H,4-7H2,1-3H3,(H2,13,17)/t9-/m1/s1. The Morgan fingerprint density at radius 2 is 1.86 bits per heavy atom. The zero-order chi connectivity index (χ0) is 15.8. The van der Waals surface area contributed by atoms with Crippen LogP contribution in [0.1, 0.15) is 18.4 Å². The summed E-state index contributed by atoms with van der Waals surface area (Å²) in [4.78, 5) is 13.2. The quantitative estimate of drug-likeness (QED) is 0.800. The molecule has 1 atom stereocenters. The molecule has 0 saturated carbocycles. The number of aromatic nitrogens is 1. The first-order valence-corrected chi connectivity index (χ1v) is 8.15. The summed E-state index contributed by atoms with van der Waals surface area (Å²) in [6.45, 7) is 6.46. The first-order valence-electron chi connectivity index (χ1n) is 6.71. The van der Waals surface area contributed by atoms with E-state index in [-0.39, 0.29) is 4.90 Å². The highest BCUT2D eigenvalue weighted by Gasteiger charge is 2.34. The summed E-state index contributed by atoms with van der Waals surface area (Å²) in [5, 5.41) is 3.69. The Hall–Kier alpha value is -1.45. The Balaban J connectivity index is 2.14. The molecule has 1 aliphatic rings. The molecule has 9 heteroatoms. The lowest BCUT2D eigenvalue weighted by Crippen LogP contribution is -2.54. The second kappa shape index (κ2) is 5.74. The number of rotatable bonds is 4. The number of aryl methyl sites for hydroxylation is 2. The highest BCUT2D eigenvalue weighted by atomic mass is 32.2. The van der Waals surface area contributed by atoms with Crippen molar-refractivity contribution in [2.75, 3.05) is 26.2 Å². The molecule has 1 aromatic rings. The summed E-state index contributed by atoms with van der Waals surface area (Å²) in [7, 11) is -3.62.